The van der Waals surface area contributed by atoms with Crippen molar-refractivity contribution in [2.75, 3.05) is 20.6 Å². The van der Waals surface area contributed by atoms with Gasteiger partial charge in [0, 0.05) is 6.54 Å². The van der Waals surface area contributed by atoms with Crippen LogP contribution in [0.4, 0.5) is 0 Å². The first kappa shape index (κ1) is 18.4. The third kappa shape index (κ3) is 4.63. The van der Waals surface area contributed by atoms with Crippen molar-refractivity contribution in [2.24, 2.45) is 0 Å². The zero-order valence-electron chi connectivity index (χ0n) is 15.6. The van der Waals surface area contributed by atoms with E-state index in [1.165, 1.54) is 16.7 Å². The molecule has 0 aliphatic heterocycles. The zero-order valence-corrected chi connectivity index (χ0v) is 15.6. The lowest BCUT2D eigenvalue weighted by Crippen LogP contribution is -2.18. The lowest BCUT2D eigenvalue weighted by Gasteiger charge is -2.25. The fraction of sp³-hybridized carbons (Fsp3) is 0.304. The summed E-state index contributed by atoms with van der Waals surface area (Å²) in [5, 5.41) is 19.2. The summed E-state index contributed by atoms with van der Waals surface area (Å²) in [5.41, 5.74) is 7.34. The van der Waals surface area contributed by atoms with Crippen LogP contribution in [0, 0.1) is 0 Å². The van der Waals surface area contributed by atoms with Crippen LogP contribution in [-0.2, 0) is 6.61 Å². The molecule has 0 saturated heterocycles. The van der Waals surface area contributed by atoms with Gasteiger partial charge in [-0.15, -0.1) is 0 Å². The Balaban J connectivity index is 1.94. The summed E-state index contributed by atoms with van der Waals surface area (Å²) in [4.78, 5) is 2.21. The number of phenolic OH excluding ortho intramolecular Hbond substituents is 1. The van der Waals surface area contributed by atoms with Crippen molar-refractivity contribution >= 4 is 11.6 Å². The number of likely N-dealkylation sites (N-methyl/N-ethyl adjacent to an activating group) is 1. The van der Waals surface area contributed by atoms with Crippen LogP contribution >= 0.6 is 0 Å². The maximum atomic E-state index is 9.90. The second-order valence-corrected chi connectivity index (χ2v) is 7.25. The van der Waals surface area contributed by atoms with Crippen LogP contribution in [0.1, 0.15) is 36.0 Å². The van der Waals surface area contributed by atoms with E-state index < -0.39 is 0 Å². The van der Waals surface area contributed by atoms with Gasteiger partial charge < -0.3 is 15.1 Å². The smallest absolute Gasteiger partial charge is 0.116 e. The lowest BCUT2D eigenvalue weighted by molar-refractivity contribution is 0.282. The standard InChI is InChI=1S/C23H27NO2/c1-24(2)15-21-10-9-18(11-17-5-3-6-19(12-17)16-25)13-23(21)20-7-4-8-22(26)14-20/h3-8,11-12,14,25-26H,9-10,13,15-16H2,1-2H3. The van der Waals surface area contributed by atoms with E-state index >= 15 is 0 Å². The van der Waals surface area contributed by atoms with Crippen molar-refractivity contribution in [3.8, 4) is 5.75 Å². The van der Waals surface area contributed by atoms with Gasteiger partial charge in [0.25, 0.3) is 0 Å². The first-order valence-corrected chi connectivity index (χ1v) is 9.09. The summed E-state index contributed by atoms with van der Waals surface area (Å²) in [7, 11) is 4.19. The maximum Gasteiger partial charge on any atom is 0.116 e. The zero-order chi connectivity index (χ0) is 18.5. The summed E-state index contributed by atoms with van der Waals surface area (Å²) in [6, 6.07) is 15.6. The number of benzene rings is 2. The molecule has 0 amide bonds. The van der Waals surface area contributed by atoms with Crippen LogP contribution in [0.5, 0.6) is 5.75 Å². The third-order valence-electron chi connectivity index (χ3n) is 4.78. The SMILES string of the molecule is CN(C)CC1=C(c2cccc(O)c2)CC(=Cc2cccc(CO)c2)CC1. The quantitative estimate of drug-likeness (QED) is 0.837. The largest absolute Gasteiger partial charge is 0.508 e. The first-order chi connectivity index (χ1) is 12.5. The summed E-state index contributed by atoms with van der Waals surface area (Å²) >= 11 is 0. The van der Waals surface area contributed by atoms with E-state index in [0.29, 0.717) is 5.75 Å². The molecule has 3 heteroatoms. The minimum atomic E-state index is 0.0679. The molecule has 1 aliphatic carbocycles. The number of allylic oxidation sites excluding steroid dienone is 2. The van der Waals surface area contributed by atoms with Crippen molar-refractivity contribution in [3.63, 3.8) is 0 Å². The molecular formula is C23H27NO2. The predicted octanol–water partition coefficient (Wildman–Crippen LogP) is 4.47. The Hall–Kier alpha value is -2.36. The number of hydrogen-bond donors (Lipinski definition) is 2. The van der Waals surface area contributed by atoms with Gasteiger partial charge in [0.1, 0.15) is 5.75 Å². The molecule has 2 N–H and O–H groups in total. The van der Waals surface area contributed by atoms with Gasteiger partial charge in [-0.25, -0.2) is 0 Å². The van der Waals surface area contributed by atoms with Crippen LogP contribution in [-0.4, -0.2) is 35.8 Å². The van der Waals surface area contributed by atoms with Gasteiger partial charge in [-0.3, -0.25) is 0 Å². The number of aliphatic hydroxyl groups is 1. The summed E-state index contributed by atoms with van der Waals surface area (Å²) in [6.45, 7) is 1.01. The molecule has 0 aromatic heterocycles. The highest BCUT2D eigenvalue weighted by atomic mass is 16.3. The van der Waals surface area contributed by atoms with Crippen molar-refractivity contribution in [2.45, 2.75) is 25.9 Å². The maximum absolute atomic E-state index is 9.90. The summed E-state index contributed by atoms with van der Waals surface area (Å²) < 4.78 is 0. The van der Waals surface area contributed by atoms with Crippen molar-refractivity contribution in [3.05, 3.63) is 76.4 Å². The molecule has 0 spiro atoms. The van der Waals surface area contributed by atoms with E-state index in [0.717, 1.165) is 42.5 Å². The second kappa shape index (κ2) is 8.35. The molecule has 3 rings (SSSR count). The molecule has 1 aliphatic rings. The molecular weight excluding hydrogens is 322 g/mol. The van der Waals surface area contributed by atoms with E-state index in [-0.39, 0.29) is 6.61 Å². The Morgan fingerprint density at radius 3 is 2.58 bits per heavy atom. The lowest BCUT2D eigenvalue weighted by atomic mass is 9.83. The Kier molecular flexibility index (Phi) is 5.92. The average Bonchev–Trinajstić information content (AvgIpc) is 2.63. The molecule has 0 radical (unpaired) electrons. The fourth-order valence-corrected chi connectivity index (χ4v) is 3.60. The van der Waals surface area contributed by atoms with Crippen LogP contribution in [0.15, 0.2) is 59.7 Å². The van der Waals surface area contributed by atoms with Crippen molar-refractivity contribution in [1.29, 1.82) is 0 Å². The Morgan fingerprint density at radius 1 is 1.04 bits per heavy atom. The van der Waals surface area contributed by atoms with Crippen molar-refractivity contribution < 1.29 is 10.2 Å². The molecule has 0 bridgehead atoms. The minimum Gasteiger partial charge on any atom is -0.508 e. The third-order valence-corrected chi connectivity index (χ3v) is 4.78. The van der Waals surface area contributed by atoms with Crippen LogP contribution < -0.4 is 0 Å². The van der Waals surface area contributed by atoms with Gasteiger partial charge in [0.15, 0.2) is 0 Å². The van der Waals surface area contributed by atoms with E-state index in [9.17, 15) is 10.2 Å². The number of rotatable bonds is 5. The Bertz CT molecular complexity index is 834. The van der Waals surface area contributed by atoms with E-state index in [4.69, 9.17) is 0 Å². The van der Waals surface area contributed by atoms with Gasteiger partial charge in [0.2, 0.25) is 0 Å². The van der Waals surface area contributed by atoms with Gasteiger partial charge in [0.05, 0.1) is 6.61 Å². The normalized spacial score (nSPS) is 16.5. The number of aliphatic hydroxyl groups excluding tert-OH is 1. The highest BCUT2D eigenvalue weighted by Gasteiger charge is 2.18. The molecule has 2 aromatic carbocycles. The molecule has 0 fully saturated rings. The summed E-state index contributed by atoms with van der Waals surface area (Å²) in [6.07, 6.45) is 5.23. The average molecular weight is 349 g/mol. The molecule has 0 atom stereocenters. The van der Waals surface area contributed by atoms with Gasteiger partial charge >= 0.3 is 0 Å². The molecule has 136 valence electrons. The van der Waals surface area contributed by atoms with E-state index in [1.807, 2.05) is 30.3 Å². The monoisotopic (exact) mass is 349 g/mol. The first-order valence-electron chi connectivity index (χ1n) is 9.09. The van der Waals surface area contributed by atoms with E-state index in [2.05, 4.69) is 37.2 Å². The Morgan fingerprint density at radius 2 is 1.85 bits per heavy atom. The van der Waals surface area contributed by atoms with Crippen LogP contribution in [0.25, 0.3) is 11.6 Å². The molecule has 0 heterocycles. The fourth-order valence-electron chi connectivity index (χ4n) is 3.60. The predicted molar refractivity (Wildman–Crippen MR) is 108 cm³/mol. The van der Waals surface area contributed by atoms with Gasteiger partial charge in [-0.1, -0.05) is 47.6 Å². The minimum absolute atomic E-state index is 0.0679. The number of phenols is 1. The summed E-state index contributed by atoms with van der Waals surface area (Å²) in [5.74, 6) is 0.311. The van der Waals surface area contributed by atoms with Crippen LogP contribution in [0.3, 0.4) is 0 Å². The molecule has 0 unspecified atom stereocenters. The van der Waals surface area contributed by atoms with Gasteiger partial charge in [-0.05, 0) is 73.8 Å². The van der Waals surface area contributed by atoms with Crippen LogP contribution in [0.2, 0.25) is 0 Å². The highest BCUT2D eigenvalue weighted by molar-refractivity contribution is 5.75. The second-order valence-electron chi connectivity index (χ2n) is 7.25. The van der Waals surface area contributed by atoms with Gasteiger partial charge in [-0.2, -0.15) is 0 Å². The van der Waals surface area contributed by atoms with Crippen molar-refractivity contribution in [1.82, 2.24) is 4.90 Å². The topological polar surface area (TPSA) is 43.7 Å². The number of nitrogens with zero attached hydrogens (tertiary/aromatic N) is 1. The molecule has 26 heavy (non-hydrogen) atoms. The molecule has 3 nitrogen and oxygen atoms in total. The molecule has 0 saturated carbocycles. The van der Waals surface area contributed by atoms with E-state index in [1.54, 1.807) is 6.07 Å². The number of aromatic hydroxyl groups is 1. The highest BCUT2D eigenvalue weighted by Crippen LogP contribution is 2.37. The Labute approximate surface area is 155 Å². The number of hydrogen-bond acceptors (Lipinski definition) is 3. The molecule has 2 aromatic rings.